The molecule has 1 heterocycles. The molecule has 1 aromatic rings. The lowest BCUT2D eigenvalue weighted by Gasteiger charge is -2.21. The molecule has 0 saturated heterocycles. The molecule has 0 aliphatic carbocycles. The SMILES string of the molecule is CC1=C=Nc2ccccc2N1C. The zero-order valence-electron chi connectivity index (χ0n) is 7.20. The Balaban J connectivity index is 2.64. The molecule has 0 fully saturated rings. The summed E-state index contributed by atoms with van der Waals surface area (Å²) < 4.78 is 0. The maximum atomic E-state index is 4.20. The number of nitrogens with zero attached hydrogens (tertiary/aromatic N) is 2. The molecule has 12 heavy (non-hydrogen) atoms. The molecule has 1 aliphatic rings. The van der Waals surface area contributed by atoms with Crippen molar-refractivity contribution in [2.75, 3.05) is 11.9 Å². The highest BCUT2D eigenvalue weighted by Gasteiger charge is 2.10. The molecule has 1 aromatic carbocycles. The van der Waals surface area contributed by atoms with Gasteiger partial charge in [0, 0.05) is 12.9 Å². The first-order valence-corrected chi connectivity index (χ1v) is 3.92. The topological polar surface area (TPSA) is 15.6 Å². The predicted molar refractivity (Wildman–Crippen MR) is 51.1 cm³/mol. The van der Waals surface area contributed by atoms with Gasteiger partial charge in [0.15, 0.2) is 0 Å². The Bertz CT molecular complexity index is 373. The Hall–Kier alpha value is -1.53. The van der Waals surface area contributed by atoms with E-state index < -0.39 is 0 Å². The molecule has 2 nitrogen and oxygen atoms in total. The van der Waals surface area contributed by atoms with Gasteiger partial charge >= 0.3 is 0 Å². The third-order valence-electron chi connectivity index (χ3n) is 2.08. The molecule has 60 valence electrons. The fourth-order valence-corrected chi connectivity index (χ4v) is 1.24. The predicted octanol–water partition coefficient (Wildman–Crippen LogP) is 2.34. The second-order valence-electron chi connectivity index (χ2n) is 2.86. The van der Waals surface area contributed by atoms with Gasteiger partial charge in [-0.2, -0.15) is 0 Å². The van der Waals surface area contributed by atoms with Crippen LogP contribution < -0.4 is 4.90 Å². The second-order valence-corrected chi connectivity index (χ2v) is 2.86. The second kappa shape index (κ2) is 2.50. The molecular weight excluding hydrogens is 148 g/mol. The summed E-state index contributed by atoms with van der Waals surface area (Å²) >= 11 is 0. The molecule has 2 rings (SSSR count). The number of hydrogen-bond donors (Lipinski definition) is 0. The summed E-state index contributed by atoms with van der Waals surface area (Å²) in [5, 5.41) is 0. The molecule has 0 atom stereocenters. The molecule has 0 unspecified atom stereocenters. The highest BCUT2D eigenvalue weighted by Crippen LogP contribution is 2.30. The summed E-state index contributed by atoms with van der Waals surface area (Å²) in [6.07, 6.45) is 0. The molecule has 0 N–H and O–H groups in total. The Labute approximate surface area is 71.9 Å². The van der Waals surface area contributed by atoms with Crippen LogP contribution in [-0.2, 0) is 0 Å². The average molecular weight is 158 g/mol. The molecule has 0 radical (unpaired) electrons. The molecule has 0 saturated carbocycles. The number of para-hydroxylation sites is 2. The van der Waals surface area contributed by atoms with E-state index in [1.54, 1.807) is 0 Å². The molecule has 0 amide bonds. The van der Waals surface area contributed by atoms with Crippen molar-refractivity contribution < 1.29 is 0 Å². The third kappa shape index (κ3) is 0.936. The van der Waals surface area contributed by atoms with Gasteiger partial charge in [0.25, 0.3) is 0 Å². The van der Waals surface area contributed by atoms with Crippen LogP contribution >= 0.6 is 0 Å². The number of anilines is 1. The maximum Gasteiger partial charge on any atom is 0.0967 e. The van der Waals surface area contributed by atoms with Crippen molar-refractivity contribution in [2.24, 2.45) is 4.99 Å². The van der Waals surface area contributed by atoms with Crippen LogP contribution in [0.3, 0.4) is 0 Å². The van der Waals surface area contributed by atoms with Gasteiger partial charge in [0.1, 0.15) is 0 Å². The summed E-state index contributed by atoms with van der Waals surface area (Å²) in [7, 11) is 2.02. The summed E-state index contributed by atoms with van der Waals surface area (Å²) in [6.45, 7) is 2.00. The van der Waals surface area contributed by atoms with Crippen LogP contribution in [0.4, 0.5) is 11.4 Å². The number of aliphatic imine (C=N–C) groups is 1. The molecular formula is C10H10N2. The Morgan fingerprint density at radius 2 is 2.08 bits per heavy atom. The average Bonchev–Trinajstić information content (AvgIpc) is 2.12. The van der Waals surface area contributed by atoms with Gasteiger partial charge in [-0.1, -0.05) is 12.1 Å². The van der Waals surface area contributed by atoms with Gasteiger partial charge in [-0.05, 0) is 19.1 Å². The van der Waals surface area contributed by atoms with Crippen LogP contribution in [0.25, 0.3) is 0 Å². The van der Waals surface area contributed by atoms with Crippen LogP contribution in [0.1, 0.15) is 6.92 Å². The summed E-state index contributed by atoms with van der Waals surface area (Å²) in [6, 6.07) is 8.05. The van der Waals surface area contributed by atoms with E-state index in [2.05, 4.69) is 21.8 Å². The van der Waals surface area contributed by atoms with E-state index >= 15 is 0 Å². The van der Waals surface area contributed by atoms with Crippen molar-refractivity contribution in [3.8, 4) is 0 Å². The first-order valence-electron chi connectivity index (χ1n) is 3.92. The van der Waals surface area contributed by atoms with Gasteiger partial charge in [-0.25, -0.2) is 4.99 Å². The van der Waals surface area contributed by atoms with Gasteiger partial charge in [-0.15, -0.1) is 0 Å². The van der Waals surface area contributed by atoms with E-state index in [1.807, 2.05) is 32.2 Å². The number of benzene rings is 1. The van der Waals surface area contributed by atoms with Gasteiger partial charge < -0.3 is 4.90 Å². The van der Waals surface area contributed by atoms with Crippen LogP contribution in [0, 0.1) is 0 Å². The van der Waals surface area contributed by atoms with Crippen molar-refractivity contribution in [1.82, 2.24) is 0 Å². The zero-order valence-corrected chi connectivity index (χ0v) is 7.20. The summed E-state index contributed by atoms with van der Waals surface area (Å²) in [4.78, 5) is 6.28. The van der Waals surface area contributed by atoms with Crippen molar-refractivity contribution >= 4 is 17.2 Å². The van der Waals surface area contributed by atoms with Crippen LogP contribution in [0.15, 0.2) is 35.0 Å². The molecule has 2 heteroatoms. The van der Waals surface area contributed by atoms with Crippen LogP contribution in [0.2, 0.25) is 0 Å². The normalized spacial score (nSPS) is 14.2. The van der Waals surface area contributed by atoms with Crippen molar-refractivity contribution in [3.63, 3.8) is 0 Å². The van der Waals surface area contributed by atoms with Crippen LogP contribution in [0.5, 0.6) is 0 Å². The Morgan fingerprint density at radius 1 is 1.33 bits per heavy atom. The summed E-state index contributed by atoms with van der Waals surface area (Å²) in [5.74, 6) is 2.96. The standard InChI is InChI=1S/C10H10N2/c1-8-7-11-9-5-3-4-6-10(9)12(8)2/h3-6H,1-2H3. The lowest BCUT2D eigenvalue weighted by Crippen LogP contribution is -2.16. The van der Waals surface area contributed by atoms with E-state index in [9.17, 15) is 0 Å². The van der Waals surface area contributed by atoms with Crippen molar-refractivity contribution in [1.29, 1.82) is 0 Å². The van der Waals surface area contributed by atoms with E-state index in [4.69, 9.17) is 0 Å². The maximum absolute atomic E-state index is 4.20. The smallest absolute Gasteiger partial charge is 0.0967 e. The molecule has 0 aromatic heterocycles. The van der Waals surface area contributed by atoms with E-state index in [-0.39, 0.29) is 0 Å². The van der Waals surface area contributed by atoms with Gasteiger partial charge in [0.2, 0.25) is 0 Å². The van der Waals surface area contributed by atoms with Gasteiger partial charge in [-0.3, -0.25) is 0 Å². The minimum Gasteiger partial charge on any atom is -0.339 e. The Morgan fingerprint density at radius 3 is 2.92 bits per heavy atom. The van der Waals surface area contributed by atoms with Crippen molar-refractivity contribution in [3.05, 3.63) is 30.0 Å². The van der Waals surface area contributed by atoms with Gasteiger partial charge in [0.05, 0.1) is 17.1 Å². The van der Waals surface area contributed by atoms with E-state index in [0.717, 1.165) is 17.1 Å². The molecule has 0 spiro atoms. The number of allylic oxidation sites excluding steroid dienone is 1. The number of fused-ring (bicyclic) bond motifs is 1. The zero-order chi connectivity index (χ0) is 8.55. The Kier molecular flexibility index (Phi) is 1.49. The quantitative estimate of drug-likeness (QED) is 0.565. The monoisotopic (exact) mass is 158 g/mol. The highest BCUT2D eigenvalue weighted by molar-refractivity contribution is 5.81. The largest absolute Gasteiger partial charge is 0.339 e. The first-order chi connectivity index (χ1) is 5.79. The summed E-state index contributed by atoms with van der Waals surface area (Å²) in [5.41, 5.74) is 3.19. The highest BCUT2D eigenvalue weighted by atomic mass is 15.1. The minimum absolute atomic E-state index is 0.991. The first kappa shape index (κ1) is 7.14. The van der Waals surface area contributed by atoms with Crippen LogP contribution in [-0.4, -0.2) is 12.9 Å². The van der Waals surface area contributed by atoms with Crippen molar-refractivity contribution in [2.45, 2.75) is 6.92 Å². The lowest BCUT2D eigenvalue weighted by molar-refractivity contribution is 1.10. The number of hydrogen-bond acceptors (Lipinski definition) is 2. The minimum atomic E-state index is 0.991. The molecule has 0 bridgehead atoms. The number of rotatable bonds is 0. The molecule has 1 aliphatic heterocycles. The third-order valence-corrected chi connectivity index (χ3v) is 2.08. The fraction of sp³-hybridized carbons (Fsp3) is 0.200. The van der Waals surface area contributed by atoms with E-state index in [0.29, 0.717) is 0 Å². The van der Waals surface area contributed by atoms with E-state index in [1.165, 1.54) is 0 Å². The lowest BCUT2D eigenvalue weighted by atomic mass is 10.2. The fourth-order valence-electron chi connectivity index (χ4n) is 1.24.